The number of nitrogens with one attached hydrogen (secondary N) is 1. The zero-order chi connectivity index (χ0) is 18.5. The Balaban J connectivity index is 1.63. The second-order valence-corrected chi connectivity index (χ2v) is 8.26. The average Bonchev–Trinajstić information content (AvgIpc) is 3.28. The normalized spacial score (nSPS) is 19.1. The molecule has 0 bridgehead atoms. The molecule has 0 radical (unpaired) electrons. The molecule has 1 aromatic heterocycles. The number of anilines is 1. The third-order valence-corrected chi connectivity index (χ3v) is 5.79. The van der Waals surface area contributed by atoms with Gasteiger partial charge in [-0.05, 0) is 84.4 Å². The van der Waals surface area contributed by atoms with Crippen LogP contribution in [0.15, 0.2) is 30.6 Å². The summed E-state index contributed by atoms with van der Waals surface area (Å²) in [5.74, 6) is -0.111. The van der Waals surface area contributed by atoms with Crippen LogP contribution in [0, 0.1) is 3.57 Å². The maximum Gasteiger partial charge on any atom is 0.416 e. The van der Waals surface area contributed by atoms with Crippen LogP contribution >= 0.6 is 22.6 Å². The van der Waals surface area contributed by atoms with Crippen LogP contribution in [0.1, 0.15) is 49.1 Å². The van der Waals surface area contributed by atoms with E-state index in [9.17, 15) is 18.0 Å². The second-order valence-electron chi connectivity index (χ2n) is 7.02. The highest BCUT2D eigenvalue weighted by Gasteiger charge is 2.47. The molecule has 138 valence electrons. The van der Waals surface area contributed by atoms with E-state index in [1.54, 1.807) is 10.9 Å². The van der Waals surface area contributed by atoms with Crippen molar-refractivity contribution in [2.75, 3.05) is 5.32 Å². The predicted molar refractivity (Wildman–Crippen MR) is 98.8 cm³/mol. The Bertz CT molecular complexity index is 854. The molecule has 2 aromatic rings. The van der Waals surface area contributed by atoms with E-state index in [-0.39, 0.29) is 11.8 Å². The Hall–Kier alpha value is -1.58. The zero-order valence-electron chi connectivity index (χ0n) is 13.8. The fourth-order valence-electron chi connectivity index (χ4n) is 3.43. The molecule has 0 unspecified atom stereocenters. The van der Waals surface area contributed by atoms with Gasteiger partial charge in [0.25, 0.3) is 5.91 Å². The van der Waals surface area contributed by atoms with Crippen LogP contribution in [0.2, 0.25) is 0 Å². The smallest absolute Gasteiger partial charge is 0.324 e. The van der Waals surface area contributed by atoms with Crippen LogP contribution in [-0.2, 0) is 16.5 Å². The van der Waals surface area contributed by atoms with E-state index < -0.39 is 17.3 Å². The van der Waals surface area contributed by atoms with Crippen molar-refractivity contribution in [3.63, 3.8) is 0 Å². The molecule has 0 saturated heterocycles. The molecule has 0 spiro atoms. The minimum atomic E-state index is -4.38. The summed E-state index contributed by atoms with van der Waals surface area (Å²) in [4.78, 5) is 13.0. The molecule has 4 rings (SSSR count). The molecule has 4 nitrogen and oxygen atoms in total. The number of aromatic nitrogens is 2. The van der Waals surface area contributed by atoms with Gasteiger partial charge in [0.1, 0.15) is 5.54 Å². The Morgan fingerprint density at radius 2 is 2.04 bits per heavy atom. The molecule has 1 amide bonds. The van der Waals surface area contributed by atoms with Crippen molar-refractivity contribution in [3.8, 4) is 0 Å². The van der Waals surface area contributed by atoms with Crippen molar-refractivity contribution in [1.29, 1.82) is 0 Å². The highest BCUT2D eigenvalue weighted by molar-refractivity contribution is 14.1. The number of hydrogen-bond donors (Lipinski definition) is 1. The van der Waals surface area contributed by atoms with Crippen molar-refractivity contribution >= 4 is 34.2 Å². The lowest BCUT2D eigenvalue weighted by Crippen LogP contribution is -2.51. The van der Waals surface area contributed by atoms with E-state index >= 15 is 0 Å². The first-order valence-electron chi connectivity index (χ1n) is 8.53. The van der Waals surface area contributed by atoms with E-state index in [0.29, 0.717) is 24.1 Å². The summed E-state index contributed by atoms with van der Waals surface area (Å²) >= 11 is 2.14. The van der Waals surface area contributed by atoms with Gasteiger partial charge < -0.3 is 5.32 Å². The van der Waals surface area contributed by atoms with Gasteiger partial charge in [0, 0.05) is 11.9 Å². The fourth-order valence-corrected chi connectivity index (χ4v) is 3.82. The maximum atomic E-state index is 13.0. The number of carbonyl (C=O) groups is 1. The molecule has 0 aliphatic heterocycles. The lowest BCUT2D eigenvalue weighted by atomic mass is 9.76. The van der Waals surface area contributed by atoms with Gasteiger partial charge in [-0.15, -0.1) is 0 Å². The molecular formula is C18H17F3IN3O. The van der Waals surface area contributed by atoms with Crippen molar-refractivity contribution in [2.45, 2.75) is 49.7 Å². The van der Waals surface area contributed by atoms with Crippen LogP contribution in [0.4, 0.5) is 18.9 Å². The lowest BCUT2D eigenvalue weighted by Gasteiger charge is -2.40. The Labute approximate surface area is 162 Å². The third-order valence-electron chi connectivity index (χ3n) is 5.24. The highest BCUT2D eigenvalue weighted by atomic mass is 127. The Morgan fingerprint density at radius 3 is 2.54 bits per heavy atom. The van der Waals surface area contributed by atoms with E-state index in [0.717, 1.165) is 28.9 Å². The number of rotatable bonds is 4. The summed E-state index contributed by atoms with van der Waals surface area (Å²) in [6.07, 6.45) is 3.13. The van der Waals surface area contributed by atoms with Gasteiger partial charge in [-0.25, -0.2) is 0 Å². The highest BCUT2D eigenvalue weighted by Crippen LogP contribution is 2.46. The number of benzene rings is 1. The third kappa shape index (κ3) is 3.12. The van der Waals surface area contributed by atoms with Gasteiger partial charge in [0.2, 0.25) is 0 Å². The number of amides is 1. The fraction of sp³-hybridized carbons (Fsp3) is 0.444. The van der Waals surface area contributed by atoms with E-state index in [4.69, 9.17) is 0 Å². The average molecular weight is 475 g/mol. The van der Waals surface area contributed by atoms with Gasteiger partial charge in [0.15, 0.2) is 0 Å². The molecular weight excluding hydrogens is 458 g/mol. The molecule has 2 aliphatic carbocycles. The number of nitrogens with zero attached hydrogens (tertiary/aromatic N) is 2. The van der Waals surface area contributed by atoms with Crippen molar-refractivity contribution in [3.05, 3.63) is 45.3 Å². The summed E-state index contributed by atoms with van der Waals surface area (Å²) in [6, 6.07) is 3.59. The largest absolute Gasteiger partial charge is 0.416 e. The molecule has 2 saturated carbocycles. The molecule has 2 fully saturated rings. The summed E-state index contributed by atoms with van der Waals surface area (Å²) < 4.78 is 41.7. The quantitative estimate of drug-likeness (QED) is 0.640. The minimum Gasteiger partial charge on any atom is -0.324 e. The van der Waals surface area contributed by atoms with E-state index in [1.807, 2.05) is 6.20 Å². The number of alkyl halides is 3. The SMILES string of the molecule is O=C(Nc1ccc(C(F)(F)F)cc1C1CC1)C1(n2cc(I)cn2)CCC1. The van der Waals surface area contributed by atoms with Gasteiger partial charge in [-0.2, -0.15) is 18.3 Å². The Kier molecular flexibility index (Phi) is 4.28. The zero-order valence-corrected chi connectivity index (χ0v) is 16.0. The molecule has 1 heterocycles. The van der Waals surface area contributed by atoms with Crippen LogP contribution in [0.25, 0.3) is 0 Å². The molecule has 2 aliphatic rings. The van der Waals surface area contributed by atoms with Crippen LogP contribution in [-0.4, -0.2) is 15.7 Å². The minimum absolute atomic E-state index is 0.0931. The summed E-state index contributed by atoms with van der Waals surface area (Å²) in [7, 11) is 0. The van der Waals surface area contributed by atoms with E-state index in [1.165, 1.54) is 12.1 Å². The first kappa shape index (κ1) is 17.8. The molecule has 26 heavy (non-hydrogen) atoms. The number of hydrogen-bond acceptors (Lipinski definition) is 2. The molecule has 1 N–H and O–H groups in total. The monoisotopic (exact) mass is 475 g/mol. The van der Waals surface area contributed by atoms with Gasteiger partial charge in [-0.1, -0.05) is 0 Å². The van der Waals surface area contributed by atoms with Crippen LogP contribution < -0.4 is 5.32 Å². The molecule has 8 heteroatoms. The standard InChI is InChI=1S/C18H17F3IN3O/c19-18(20,21)12-4-5-15(14(8-12)11-2-3-11)24-16(26)17(6-1-7-17)25-10-13(22)9-23-25/h4-5,8-11H,1-3,6-7H2,(H,24,26). The Morgan fingerprint density at radius 1 is 1.31 bits per heavy atom. The first-order valence-corrected chi connectivity index (χ1v) is 9.61. The number of carbonyl (C=O) groups excluding carboxylic acids is 1. The second kappa shape index (κ2) is 6.24. The van der Waals surface area contributed by atoms with Crippen LogP contribution in [0.3, 0.4) is 0 Å². The molecule has 0 atom stereocenters. The lowest BCUT2D eigenvalue weighted by molar-refractivity contribution is -0.137. The first-order chi connectivity index (χ1) is 12.3. The van der Waals surface area contributed by atoms with Crippen molar-refractivity contribution < 1.29 is 18.0 Å². The maximum absolute atomic E-state index is 13.0. The van der Waals surface area contributed by atoms with Gasteiger partial charge in [-0.3, -0.25) is 9.48 Å². The van der Waals surface area contributed by atoms with Gasteiger partial charge in [0.05, 0.1) is 15.3 Å². The van der Waals surface area contributed by atoms with Crippen molar-refractivity contribution in [1.82, 2.24) is 9.78 Å². The topological polar surface area (TPSA) is 46.9 Å². The van der Waals surface area contributed by atoms with Crippen molar-refractivity contribution in [2.24, 2.45) is 0 Å². The summed E-state index contributed by atoms with van der Waals surface area (Å²) in [5.41, 5.74) is -0.346. The predicted octanol–water partition coefficient (Wildman–Crippen LogP) is 4.90. The van der Waals surface area contributed by atoms with Gasteiger partial charge >= 0.3 is 6.18 Å². The summed E-state index contributed by atoms with van der Waals surface area (Å²) in [5, 5.41) is 7.18. The van der Waals surface area contributed by atoms with E-state index in [2.05, 4.69) is 33.0 Å². The number of halogens is 4. The van der Waals surface area contributed by atoms with Crippen LogP contribution in [0.5, 0.6) is 0 Å². The summed E-state index contributed by atoms with van der Waals surface area (Å²) in [6.45, 7) is 0. The molecule has 1 aromatic carbocycles.